The van der Waals surface area contributed by atoms with Gasteiger partial charge in [0.1, 0.15) is 6.73 Å². The van der Waals surface area contributed by atoms with E-state index in [1.54, 1.807) is 0 Å². The van der Waals surface area contributed by atoms with Crippen LogP contribution < -0.4 is 0 Å². The third kappa shape index (κ3) is 7.12. The Morgan fingerprint density at radius 2 is 1.84 bits per heavy atom. The van der Waals surface area contributed by atoms with Gasteiger partial charge in [-0.05, 0) is 18.5 Å². The Morgan fingerprint density at radius 3 is 2.48 bits per heavy atom. The number of hydrogen-bond acceptors (Lipinski definition) is 6. The fourth-order valence-electron chi connectivity index (χ4n) is 3.52. The van der Waals surface area contributed by atoms with E-state index in [9.17, 15) is 4.79 Å². The Morgan fingerprint density at radius 1 is 1.13 bits per heavy atom. The minimum atomic E-state index is -1.15. The third-order valence-electron chi connectivity index (χ3n) is 5.48. The van der Waals surface area contributed by atoms with Gasteiger partial charge in [0, 0.05) is 47.4 Å². The molecule has 0 aliphatic carbocycles. The standard InChI is InChI=1S/C23H35N5O2Si/c1-20-22(28(23(18-29)25-20)19-30-14-15-31(2,3)4)16-24-27-12-10-26(11-13-27)17-21-8-6-5-7-9-21/h5-9,16,18H,10-15,17,19H2,1-4H3/b24-16+. The van der Waals surface area contributed by atoms with Crippen LogP contribution in [0.15, 0.2) is 35.4 Å². The molecule has 2 heterocycles. The van der Waals surface area contributed by atoms with Crippen LogP contribution in [0.4, 0.5) is 0 Å². The Kier molecular flexibility index (Phi) is 8.17. The van der Waals surface area contributed by atoms with Gasteiger partial charge in [0.05, 0.1) is 17.6 Å². The lowest BCUT2D eigenvalue weighted by molar-refractivity contribution is 0.0828. The van der Waals surface area contributed by atoms with Crippen molar-refractivity contribution >= 4 is 20.6 Å². The van der Waals surface area contributed by atoms with Crippen LogP contribution in [0.25, 0.3) is 0 Å². The summed E-state index contributed by atoms with van der Waals surface area (Å²) in [4.78, 5) is 18.3. The van der Waals surface area contributed by atoms with Gasteiger partial charge in [-0.2, -0.15) is 5.10 Å². The molecule has 1 aromatic heterocycles. The average Bonchev–Trinajstić information content (AvgIpc) is 3.05. The maximum atomic E-state index is 11.5. The highest BCUT2D eigenvalue weighted by atomic mass is 28.3. The maximum Gasteiger partial charge on any atom is 0.185 e. The molecule has 1 fully saturated rings. The Bertz CT molecular complexity index is 868. The number of aldehydes is 1. The number of ether oxygens (including phenoxy) is 1. The van der Waals surface area contributed by atoms with E-state index in [1.807, 2.05) is 17.7 Å². The van der Waals surface area contributed by atoms with Crippen molar-refractivity contribution in [2.24, 2.45) is 5.10 Å². The van der Waals surface area contributed by atoms with E-state index >= 15 is 0 Å². The van der Waals surface area contributed by atoms with Crippen molar-refractivity contribution in [1.29, 1.82) is 0 Å². The molecule has 0 spiro atoms. The first-order valence-electron chi connectivity index (χ1n) is 11.0. The summed E-state index contributed by atoms with van der Waals surface area (Å²) in [5, 5.41) is 6.78. The van der Waals surface area contributed by atoms with Gasteiger partial charge in [0.2, 0.25) is 0 Å². The van der Waals surface area contributed by atoms with E-state index in [0.29, 0.717) is 19.2 Å². The molecule has 0 radical (unpaired) electrons. The first-order chi connectivity index (χ1) is 14.9. The normalized spacial score (nSPS) is 15.7. The molecule has 1 aromatic carbocycles. The Hall–Kier alpha value is -2.29. The van der Waals surface area contributed by atoms with E-state index in [4.69, 9.17) is 4.74 Å². The summed E-state index contributed by atoms with van der Waals surface area (Å²) in [6.07, 6.45) is 2.61. The zero-order chi connectivity index (χ0) is 22.3. The Balaban J connectivity index is 1.56. The van der Waals surface area contributed by atoms with Crippen molar-refractivity contribution in [1.82, 2.24) is 19.5 Å². The molecule has 2 aromatic rings. The quantitative estimate of drug-likeness (QED) is 0.244. The molecule has 3 rings (SSSR count). The zero-order valence-corrected chi connectivity index (χ0v) is 20.3. The van der Waals surface area contributed by atoms with Crippen LogP contribution in [0, 0.1) is 6.92 Å². The molecule has 0 saturated carbocycles. The number of hydrogen-bond donors (Lipinski definition) is 0. The van der Waals surface area contributed by atoms with Gasteiger partial charge < -0.3 is 4.74 Å². The Labute approximate surface area is 186 Å². The predicted octanol–water partition coefficient (Wildman–Crippen LogP) is 3.47. The molecule has 1 aliphatic rings. The molecule has 168 valence electrons. The SMILES string of the molecule is Cc1nc(C=O)n(COCC[Si](C)(C)C)c1/C=N/N1CCN(Cc2ccccc2)CC1. The fraction of sp³-hybridized carbons (Fsp3) is 0.522. The van der Waals surface area contributed by atoms with E-state index in [2.05, 4.69) is 70.0 Å². The summed E-state index contributed by atoms with van der Waals surface area (Å²) in [5.74, 6) is 0.389. The van der Waals surface area contributed by atoms with E-state index < -0.39 is 8.07 Å². The topological polar surface area (TPSA) is 63.0 Å². The van der Waals surface area contributed by atoms with Gasteiger partial charge >= 0.3 is 0 Å². The smallest absolute Gasteiger partial charge is 0.185 e. The van der Waals surface area contributed by atoms with Gasteiger partial charge in [-0.3, -0.25) is 19.3 Å². The van der Waals surface area contributed by atoms with Gasteiger partial charge in [-0.1, -0.05) is 50.0 Å². The van der Waals surface area contributed by atoms with Crippen LogP contribution in [-0.4, -0.2) is 72.8 Å². The maximum absolute atomic E-state index is 11.5. The molecule has 31 heavy (non-hydrogen) atoms. The van der Waals surface area contributed by atoms with Crippen LogP contribution in [0.5, 0.6) is 0 Å². The van der Waals surface area contributed by atoms with E-state index in [1.165, 1.54) is 5.56 Å². The van der Waals surface area contributed by atoms with Crippen LogP contribution in [0.1, 0.15) is 27.6 Å². The molecule has 0 amide bonds. The largest absolute Gasteiger partial charge is 0.361 e. The summed E-state index contributed by atoms with van der Waals surface area (Å²) in [6, 6.07) is 11.7. The number of aromatic nitrogens is 2. The number of aryl methyl sites for hydroxylation is 1. The summed E-state index contributed by atoms with van der Waals surface area (Å²) in [7, 11) is -1.15. The summed E-state index contributed by atoms with van der Waals surface area (Å²) in [5.41, 5.74) is 2.97. The molecular weight excluding hydrogens is 406 g/mol. The minimum Gasteiger partial charge on any atom is -0.361 e. The first kappa shape index (κ1) is 23.4. The number of carbonyl (C=O) groups excluding carboxylic acids is 1. The van der Waals surface area contributed by atoms with Gasteiger partial charge in [0.25, 0.3) is 0 Å². The summed E-state index contributed by atoms with van der Waals surface area (Å²) in [6.45, 7) is 14.6. The second kappa shape index (κ2) is 10.8. The highest BCUT2D eigenvalue weighted by molar-refractivity contribution is 6.76. The molecule has 0 bridgehead atoms. The summed E-state index contributed by atoms with van der Waals surface area (Å²) < 4.78 is 7.69. The average molecular weight is 442 g/mol. The number of carbonyl (C=O) groups is 1. The number of benzene rings is 1. The number of nitrogens with zero attached hydrogens (tertiary/aromatic N) is 5. The molecule has 7 nitrogen and oxygen atoms in total. The van der Waals surface area contributed by atoms with E-state index in [0.717, 1.165) is 56.4 Å². The third-order valence-corrected chi connectivity index (χ3v) is 7.19. The highest BCUT2D eigenvalue weighted by Crippen LogP contribution is 2.13. The van der Waals surface area contributed by atoms with Gasteiger partial charge in [0.15, 0.2) is 12.1 Å². The summed E-state index contributed by atoms with van der Waals surface area (Å²) >= 11 is 0. The number of rotatable bonds is 10. The molecule has 0 unspecified atom stereocenters. The first-order valence-corrected chi connectivity index (χ1v) is 14.7. The van der Waals surface area contributed by atoms with Crippen molar-refractivity contribution in [3.63, 3.8) is 0 Å². The van der Waals surface area contributed by atoms with Gasteiger partial charge in [-0.25, -0.2) is 4.98 Å². The molecule has 1 saturated heterocycles. The highest BCUT2D eigenvalue weighted by Gasteiger charge is 2.17. The number of imidazole rings is 1. The molecule has 0 atom stereocenters. The number of piperazine rings is 1. The minimum absolute atomic E-state index is 0.325. The lowest BCUT2D eigenvalue weighted by Gasteiger charge is -2.33. The molecule has 0 N–H and O–H groups in total. The van der Waals surface area contributed by atoms with Crippen molar-refractivity contribution in [2.75, 3.05) is 32.8 Å². The van der Waals surface area contributed by atoms with Crippen LogP contribution >= 0.6 is 0 Å². The van der Waals surface area contributed by atoms with Crippen molar-refractivity contribution < 1.29 is 9.53 Å². The monoisotopic (exact) mass is 441 g/mol. The van der Waals surface area contributed by atoms with Crippen molar-refractivity contribution in [2.45, 2.75) is 45.9 Å². The fourth-order valence-corrected chi connectivity index (χ4v) is 4.28. The van der Waals surface area contributed by atoms with Crippen molar-refractivity contribution in [3.8, 4) is 0 Å². The van der Waals surface area contributed by atoms with Crippen LogP contribution in [0.3, 0.4) is 0 Å². The van der Waals surface area contributed by atoms with Crippen molar-refractivity contribution in [3.05, 3.63) is 53.1 Å². The van der Waals surface area contributed by atoms with E-state index in [-0.39, 0.29) is 0 Å². The molecule has 1 aliphatic heterocycles. The lowest BCUT2D eigenvalue weighted by atomic mass is 10.2. The zero-order valence-electron chi connectivity index (χ0n) is 19.3. The molecular formula is C23H35N5O2Si. The lowest BCUT2D eigenvalue weighted by Crippen LogP contribution is -2.43. The predicted molar refractivity (Wildman–Crippen MR) is 127 cm³/mol. The number of hydrazone groups is 1. The van der Waals surface area contributed by atoms with Gasteiger partial charge in [-0.15, -0.1) is 0 Å². The second-order valence-electron chi connectivity index (χ2n) is 9.29. The van der Waals surface area contributed by atoms with Crippen LogP contribution in [0.2, 0.25) is 25.7 Å². The second-order valence-corrected chi connectivity index (χ2v) is 14.9. The molecule has 8 heteroatoms. The van der Waals surface area contributed by atoms with Crippen LogP contribution in [-0.2, 0) is 18.0 Å².